The number of pyridine rings is 2. The molecule has 6 nitrogen and oxygen atoms in total. The lowest BCUT2D eigenvalue weighted by molar-refractivity contribution is 0.462. The monoisotopic (exact) mass is 383 g/mol. The van der Waals surface area contributed by atoms with Crippen molar-refractivity contribution in [2.45, 2.75) is 20.4 Å². The van der Waals surface area contributed by atoms with Crippen LogP contribution in [-0.4, -0.2) is 19.9 Å². The van der Waals surface area contributed by atoms with E-state index in [2.05, 4.69) is 25.3 Å². The summed E-state index contributed by atoms with van der Waals surface area (Å²) in [5.74, 6) is 2.73. The molecule has 0 saturated carbocycles. The fourth-order valence-electron chi connectivity index (χ4n) is 2.78. The Bertz CT molecular complexity index is 1080. The Hall–Kier alpha value is -3.80. The number of nitrogens with zero attached hydrogens (tertiary/aromatic N) is 4. The number of ether oxygens (including phenoxy) is 1. The van der Waals surface area contributed by atoms with Gasteiger partial charge in [0.1, 0.15) is 17.3 Å². The van der Waals surface area contributed by atoms with E-state index >= 15 is 0 Å². The second-order valence-electron chi connectivity index (χ2n) is 6.59. The van der Waals surface area contributed by atoms with Crippen LogP contribution < -0.4 is 10.1 Å². The Kier molecular flexibility index (Phi) is 5.42. The van der Waals surface area contributed by atoms with Crippen LogP contribution in [0.5, 0.6) is 11.6 Å². The predicted molar refractivity (Wildman–Crippen MR) is 113 cm³/mol. The maximum Gasteiger partial charge on any atom is 0.219 e. The van der Waals surface area contributed by atoms with Crippen molar-refractivity contribution >= 4 is 5.82 Å². The molecule has 4 rings (SSSR count). The third kappa shape index (κ3) is 4.55. The van der Waals surface area contributed by atoms with E-state index in [9.17, 15) is 0 Å². The van der Waals surface area contributed by atoms with Gasteiger partial charge in [-0.1, -0.05) is 30.3 Å². The number of aromatic nitrogens is 4. The lowest BCUT2D eigenvalue weighted by Crippen LogP contribution is -2.07. The van der Waals surface area contributed by atoms with Crippen LogP contribution in [0.2, 0.25) is 0 Å². The third-order valence-electron chi connectivity index (χ3n) is 4.51. The highest BCUT2D eigenvalue weighted by Crippen LogP contribution is 2.22. The molecule has 0 unspecified atom stereocenters. The number of hydrogen-bond donors (Lipinski definition) is 1. The standard InChI is InChI=1S/C23H21N5O/c1-16-17(2)27-23(20-10-6-7-13-24-20)28-22(16)26-15-18-11-12-21(25-14-18)29-19-8-4-3-5-9-19/h3-14H,15H2,1-2H3,(H,26,27,28). The number of rotatable bonds is 6. The average molecular weight is 383 g/mol. The molecule has 0 spiro atoms. The highest BCUT2D eigenvalue weighted by atomic mass is 16.5. The van der Waals surface area contributed by atoms with Crippen LogP contribution in [0.15, 0.2) is 73.1 Å². The van der Waals surface area contributed by atoms with Crippen LogP contribution in [0.1, 0.15) is 16.8 Å². The molecular formula is C23H21N5O. The highest BCUT2D eigenvalue weighted by molar-refractivity contribution is 5.56. The molecule has 4 aromatic rings. The first-order valence-corrected chi connectivity index (χ1v) is 9.37. The van der Waals surface area contributed by atoms with Crippen molar-refractivity contribution in [1.29, 1.82) is 0 Å². The van der Waals surface area contributed by atoms with E-state index in [0.717, 1.165) is 34.1 Å². The largest absolute Gasteiger partial charge is 0.439 e. The molecule has 1 aromatic carbocycles. The van der Waals surface area contributed by atoms with E-state index in [-0.39, 0.29) is 0 Å². The SMILES string of the molecule is Cc1nc(-c2ccccn2)nc(NCc2ccc(Oc3ccccc3)nc2)c1C. The normalized spacial score (nSPS) is 10.6. The van der Waals surface area contributed by atoms with Gasteiger partial charge in [-0.3, -0.25) is 4.98 Å². The van der Waals surface area contributed by atoms with Crippen molar-refractivity contribution in [3.05, 3.63) is 89.9 Å². The molecule has 0 atom stereocenters. The molecule has 0 aliphatic carbocycles. The summed E-state index contributed by atoms with van der Waals surface area (Å²) in [5, 5.41) is 3.39. The van der Waals surface area contributed by atoms with Crippen molar-refractivity contribution < 1.29 is 4.74 Å². The molecule has 0 saturated heterocycles. The van der Waals surface area contributed by atoms with Gasteiger partial charge >= 0.3 is 0 Å². The van der Waals surface area contributed by atoms with Crippen LogP contribution in [0.3, 0.4) is 0 Å². The van der Waals surface area contributed by atoms with E-state index in [0.29, 0.717) is 18.2 Å². The zero-order valence-electron chi connectivity index (χ0n) is 16.3. The molecule has 0 fully saturated rings. The van der Waals surface area contributed by atoms with Crippen molar-refractivity contribution in [2.24, 2.45) is 0 Å². The predicted octanol–water partition coefficient (Wildman–Crippen LogP) is 4.95. The zero-order chi connectivity index (χ0) is 20.1. The van der Waals surface area contributed by atoms with E-state index in [1.54, 1.807) is 12.4 Å². The molecule has 144 valence electrons. The Morgan fingerprint density at radius 2 is 1.69 bits per heavy atom. The summed E-state index contributed by atoms with van der Waals surface area (Å²) in [7, 11) is 0. The minimum absolute atomic E-state index is 0.562. The van der Waals surface area contributed by atoms with Crippen molar-refractivity contribution in [1.82, 2.24) is 19.9 Å². The Morgan fingerprint density at radius 1 is 0.862 bits per heavy atom. The first-order chi connectivity index (χ1) is 14.2. The fraction of sp³-hybridized carbons (Fsp3) is 0.130. The number of nitrogens with one attached hydrogen (secondary N) is 1. The number of aryl methyl sites for hydroxylation is 1. The van der Waals surface area contributed by atoms with Gasteiger partial charge < -0.3 is 10.1 Å². The maximum absolute atomic E-state index is 5.74. The molecule has 0 bridgehead atoms. The lowest BCUT2D eigenvalue weighted by atomic mass is 10.2. The van der Waals surface area contributed by atoms with Crippen LogP contribution in [0.4, 0.5) is 5.82 Å². The minimum Gasteiger partial charge on any atom is -0.439 e. The van der Waals surface area contributed by atoms with Gasteiger partial charge in [-0.15, -0.1) is 0 Å². The second-order valence-corrected chi connectivity index (χ2v) is 6.59. The van der Waals surface area contributed by atoms with E-state index < -0.39 is 0 Å². The average Bonchev–Trinajstić information content (AvgIpc) is 2.77. The Labute approximate surface area is 169 Å². The molecule has 0 radical (unpaired) electrons. The van der Waals surface area contributed by atoms with Crippen molar-refractivity contribution in [3.63, 3.8) is 0 Å². The molecule has 29 heavy (non-hydrogen) atoms. The smallest absolute Gasteiger partial charge is 0.219 e. The summed E-state index contributed by atoms with van der Waals surface area (Å²) >= 11 is 0. The summed E-state index contributed by atoms with van der Waals surface area (Å²) < 4.78 is 5.74. The number of para-hydroxylation sites is 1. The molecule has 6 heteroatoms. The summed E-state index contributed by atoms with van der Waals surface area (Å²) in [6, 6.07) is 19.2. The minimum atomic E-state index is 0.562. The van der Waals surface area contributed by atoms with Crippen molar-refractivity contribution in [2.75, 3.05) is 5.32 Å². The number of hydrogen-bond acceptors (Lipinski definition) is 6. The Morgan fingerprint density at radius 3 is 2.41 bits per heavy atom. The summed E-state index contributed by atoms with van der Waals surface area (Å²) in [6.07, 6.45) is 3.54. The van der Waals surface area contributed by atoms with Crippen LogP contribution >= 0.6 is 0 Å². The molecule has 0 amide bonds. The van der Waals surface area contributed by atoms with Gasteiger partial charge in [-0.2, -0.15) is 0 Å². The van der Waals surface area contributed by atoms with Crippen molar-refractivity contribution in [3.8, 4) is 23.1 Å². The molecule has 0 aliphatic rings. The zero-order valence-corrected chi connectivity index (χ0v) is 16.3. The maximum atomic E-state index is 5.74. The summed E-state index contributed by atoms with van der Waals surface area (Å²) in [6.45, 7) is 4.58. The van der Waals surface area contributed by atoms with Gasteiger partial charge in [-0.05, 0) is 43.7 Å². The van der Waals surface area contributed by atoms with Crippen LogP contribution in [0, 0.1) is 13.8 Å². The third-order valence-corrected chi connectivity index (χ3v) is 4.51. The quantitative estimate of drug-likeness (QED) is 0.508. The second kappa shape index (κ2) is 8.48. The first kappa shape index (κ1) is 18.6. The molecule has 0 aliphatic heterocycles. The molecule has 3 heterocycles. The van der Waals surface area contributed by atoms with E-state index in [4.69, 9.17) is 4.74 Å². The van der Waals surface area contributed by atoms with Gasteiger partial charge in [0.25, 0.3) is 0 Å². The highest BCUT2D eigenvalue weighted by Gasteiger charge is 2.10. The molecule has 1 N–H and O–H groups in total. The van der Waals surface area contributed by atoms with Gasteiger partial charge in [0.2, 0.25) is 5.88 Å². The van der Waals surface area contributed by atoms with E-state index in [1.165, 1.54) is 0 Å². The van der Waals surface area contributed by atoms with E-state index in [1.807, 2.05) is 74.5 Å². The van der Waals surface area contributed by atoms with Crippen LogP contribution in [-0.2, 0) is 6.54 Å². The summed E-state index contributed by atoms with van der Waals surface area (Å²) in [4.78, 5) is 18.0. The topological polar surface area (TPSA) is 72.8 Å². The van der Waals surface area contributed by atoms with Gasteiger partial charge in [0.05, 0.1) is 0 Å². The first-order valence-electron chi connectivity index (χ1n) is 9.37. The van der Waals surface area contributed by atoms with Crippen LogP contribution in [0.25, 0.3) is 11.5 Å². The van der Waals surface area contributed by atoms with Gasteiger partial charge in [-0.25, -0.2) is 15.0 Å². The lowest BCUT2D eigenvalue weighted by Gasteiger charge is -2.12. The molecule has 3 aromatic heterocycles. The van der Waals surface area contributed by atoms with Gasteiger partial charge in [0.15, 0.2) is 5.82 Å². The molecular weight excluding hydrogens is 362 g/mol. The van der Waals surface area contributed by atoms with Gasteiger partial charge in [0, 0.05) is 36.3 Å². The number of benzene rings is 1. The summed E-state index contributed by atoms with van der Waals surface area (Å²) in [5.41, 5.74) is 3.72. The fourth-order valence-corrected chi connectivity index (χ4v) is 2.78. The number of anilines is 1. The Balaban J connectivity index is 1.47.